The molecule has 2 atom stereocenters. The van der Waals surface area contributed by atoms with E-state index in [0.29, 0.717) is 5.56 Å². The maximum absolute atomic E-state index is 13.1. The van der Waals surface area contributed by atoms with Crippen LogP contribution in [0.5, 0.6) is 0 Å². The molecule has 170 valence electrons. The molecule has 1 saturated heterocycles. The van der Waals surface area contributed by atoms with Crippen LogP contribution in [0.1, 0.15) is 69.8 Å². The summed E-state index contributed by atoms with van der Waals surface area (Å²) in [6.07, 6.45) is 0.949. The number of carbonyl (C=O) groups is 3. The number of carbonyl (C=O) groups excluding carboxylic acids is 3. The topological polar surface area (TPSA) is 78.5 Å². The standard InChI is InChI=1S/C26H33N3O3/c1-7-18-8-10-19(11-9-18)17(2)27-22(30)16-29-23(31)26(6,28-24(29)32)21-14-12-20(13-15-21)25(3,4)5/h8-15,17H,7,16H2,1-6H3,(H,27,30)(H,28,32). The van der Waals surface area contributed by atoms with Crippen molar-refractivity contribution >= 4 is 17.8 Å². The third kappa shape index (κ3) is 4.69. The number of hydrogen-bond acceptors (Lipinski definition) is 3. The lowest BCUT2D eigenvalue weighted by molar-refractivity contribution is -0.135. The SMILES string of the molecule is CCc1ccc(C(C)NC(=O)CN2C(=O)NC(C)(c3ccc(C(C)(C)C)cc3)C2=O)cc1. The molecule has 6 heteroatoms. The van der Waals surface area contributed by atoms with Crippen molar-refractivity contribution in [2.24, 2.45) is 0 Å². The highest BCUT2D eigenvalue weighted by Crippen LogP contribution is 2.31. The molecule has 1 heterocycles. The highest BCUT2D eigenvalue weighted by atomic mass is 16.2. The summed E-state index contributed by atoms with van der Waals surface area (Å²) in [6, 6.07) is 14.9. The van der Waals surface area contributed by atoms with E-state index in [1.165, 1.54) is 5.56 Å². The Morgan fingerprint density at radius 1 is 1.06 bits per heavy atom. The van der Waals surface area contributed by atoms with Crippen molar-refractivity contribution < 1.29 is 14.4 Å². The van der Waals surface area contributed by atoms with Crippen LogP contribution in [0.2, 0.25) is 0 Å². The second-order valence-corrected chi connectivity index (χ2v) is 9.66. The Morgan fingerprint density at radius 2 is 1.66 bits per heavy atom. The highest BCUT2D eigenvalue weighted by molar-refractivity contribution is 6.09. The first-order valence-electron chi connectivity index (χ1n) is 11.1. The lowest BCUT2D eigenvalue weighted by Crippen LogP contribution is -2.43. The van der Waals surface area contributed by atoms with Crippen LogP contribution in [-0.2, 0) is 27.0 Å². The summed E-state index contributed by atoms with van der Waals surface area (Å²) in [6.45, 7) is 11.7. The van der Waals surface area contributed by atoms with Crippen molar-refractivity contribution in [2.75, 3.05) is 6.54 Å². The van der Waals surface area contributed by atoms with E-state index in [2.05, 4.69) is 38.3 Å². The van der Waals surface area contributed by atoms with E-state index in [-0.39, 0.29) is 23.9 Å². The maximum atomic E-state index is 13.1. The quantitative estimate of drug-likeness (QED) is 0.668. The number of aryl methyl sites for hydroxylation is 1. The summed E-state index contributed by atoms with van der Waals surface area (Å²) in [5, 5.41) is 5.65. The van der Waals surface area contributed by atoms with Gasteiger partial charge in [0.05, 0.1) is 6.04 Å². The van der Waals surface area contributed by atoms with Crippen molar-refractivity contribution in [2.45, 2.75) is 65.0 Å². The Labute approximate surface area is 190 Å². The Bertz CT molecular complexity index is 1010. The molecule has 6 nitrogen and oxygen atoms in total. The van der Waals surface area contributed by atoms with Gasteiger partial charge in [0.1, 0.15) is 12.1 Å². The van der Waals surface area contributed by atoms with E-state index in [1.54, 1.807) is 6.92 Å². The minimum atomic E-state index is -1.20. The molecular weight excluding hydrogens is 402 g/mol. The number of rotatable bonds is 6. The van der Waals surface area contributed by atoms with Crippen LogP contribution in [-0.4, -0.2) is 29.3 Å². The predicted molar refractivity (Wildman–Crippen MR) is 125 cm³/mol. The van der Waals surface area contributed by atoms with Crippen molar-refractivity contribution in [1.82, 2.24) is 15.5 Å². The Balaban J connectivity index is 1.69. The van der Waals surface area contributed by atoms with Crippen LogP contribution < -0.4 is 10.6 Å². The van der Waals surface area contributed by atoms with Crippen LogP contribution >= 0.6 is 0 Å². The van der Waals surface area contributed by atoms with Crippen LogP contribution in [0.15, 0.2) is 48.5 Å². The van der Waals surface area contributed by atoms with E-state index >= 15 is 0 Å². The summed E-state index contributed by atoms with van der Waals surface area (Å²) >= 11 is 0. The second-order valence-electron chi connectivity index (χ2n) is 9.66. The van der Waals surface area contributed by atoms with Gasteiger partial charge in [-0.25, -0.2) is 4.79 Å². The highest BCUT2D eigenvalue weighted by Gasteiger charge is 2.49. The largest absolute Gasteiger partial charge is 0.348 e. The molecule has 1 aliphatic heterocycles. The molecular formula is C26H33N3O3. The number of imide groups is 1. The molecule has 2 aromatic rings. The van der Waals surface area contributed by atoms with Gasteiger partial charge in [0.15, 0.2) is 0 Å². The van der Waals surface area contributed by atoms with Gasteiger partial charge in [-0.2, -0.15) is 0 Å². The third-order valence-corrected chi connectivity index (χ3v) is 6.17. The first-order valence-corrected chi connectivity index (χ1v) is 11.1. The fourth-order valence-electron chi connectivity index (χ4n) is 3.90. The summed E-state index contributed by atoms with van der Waals surface area (Å²) in [5.41, 5.74) is 2.81. The predicted octanol–water partition coefficient (Wildman–Crippen LogP) is 4.19. The lowest BCUT2D eigenvalue weighted by atomic mass is 9.84. The van der Waals surface area contributed by atoms with Gasteiger partial charge in [-0.05, 0) is 47.9 Å². The van der Waals surface area contributed by atoms with Gasteiger partial charge in [0.2, 0.25) is 5.91 Å². The maximum Gasteiger partial charge on any atom is 0.325 e. The Morgan fingerprint density at radius 3 is 2.19 bits per heavy atom. The molecule has 0 aliphatic carbocycles. The number of benzene rings is 2. The number of amides is 4. The third-order valence-electron chi connectivity index (χ3n) is 6.17. The van der Waals surface area contributed by atoms with Gasteiger partial charge in [-0.1, -0.05) is 76.2 Å². The van der Waals surface area contributed by atoms with Gasteiger partial charge in [0.25, 0.3) is 5.91 Å². The van der Waals surface area contributed by atoms with Crippen molar-refractivity contribution in [1.29, 1.82) is 0 Å². The molecule has 3 rings (SSSR count). The number of urea groups is 1. The van der Waals surface area contributed by atoms with Gasteiger partial charge < -0.3 is 10.6 Å². The molecule has 0 aromatic heterocycles. The molecule has 2 aromatic carbocycles. The molecule has 1 fully saturated rings. The van der Waals surface area contributed by atoms with Crippen LogP contribution in [0.4, 0.5) is 4.79 Å². The van der Waals surface area contributed by atoms with Crippen molar-refractivity contribution in [3.63, 3.8) is 0 Å². The molecule has 0 saturated carbocycles. The summed E-state index contributed by atoms with van der Waals surface area (Å²) in [7, 11) is 0. The van der Waals surface area contributed by atoms with E-state index in [1.807, 2.05) is 55.5 Å². The summed E-state index contributed by atoms with van der Waals surface area (Å²) < 4.78 is 0. The molecule has 0 spiro atoms. The molecule has 4 amide bonds. The van der Waals surface area contributed by atoms with Crippen molar-refractivity contribution in [3.8, 4) is 0 Å². The zero-order chi connectivity index (χ0) is 23.7. The molecule has 1 aliphatic rings. The normalized spacial score (nSPS) is 19.6. The van der Waals surface area contributed by atoms with Gasteiger partial charge >= 0.3 is 6.03 Å². The fourth-order valence-corrected chi connectivity index (χ4v) is 3.90. The number of nitrogens with zero attached hydrogens (tertiary/aromatic N) is 1. The smallest absolute Gasteiger partial charge is 0.325 e. The average Bonchev–Trinajstić information content (AvgIpc) is 2.97. The first kappa shape index (κ1) is 23.5. The second kappa shape index (κ2) is 8.77. The fraction of sp³-hybridized carbons (Fsp3) is 0.423. The lowest BCUT2D eigenvalue weighted by Gasteiger charge is -2.24. The first-order chi connectivity index (χ1) is 15.0. The number of nitrogens with one attached hydrogen (secondary N) is 2. The van der Waals surface area contributed by atoms with Gasteiger partial charge in [-0.15, -0.1) is 0 Å². The Kier molecular flexibility index (Phi) is 6.44. The van der Waals surface area contributed by atoms with E-state index in [9.17, 15) is 14.4 Å². The van der Waals surface area contributed by atoms with Gasteiger partial charge in [-0.3, -0.25) is 14.5 Å². The summed E-state index contributed by atoms with van der Waals surface area (Å²) in [4.78, 5) is 39.3. The van der Waals surface area contributed by atoms with E-state index < -0.39 is 17.5 Å². The monoisotopic (exact) mass is 435 g/mol. The minimum absolute atomic E-state index is 0.0138. The molecule has 2 unspecified atom stereocenters. The molecule has 2 N–H and O–H groups in total. The minimum Gasteiger partial charge on any atom is -0.348 e. The van der Waals surface area contributed by atoms with Crippen LogP contribution in [0.25, 0.3) is 0 Å². The van der Waals surface area contributed by atoms with E-state index in [4.69, 9.17) is 0 Å². The van der Waals surface area contributed by atoms with Crippen LogP contribution in [0.3, 0.4) is 0 Å². The average molecular weight is 436 g/mol. The van der Waals surface area contributed by atoms with Gasteiger partial charge in [0, 0.05) is 0 Å². The van der Waals surface area contributed by atoms with E-state index in [0.717, 1.165) is 22.4 Å². The zero-order valence-corrected chi connectivity index (χ0v) is 19.8. The Hall–Kier alpha value is -3.15. The number of hydrogen-bond donors (Lipinski definition) is 2. The molecule has 32 heavy (non-hydrogen) atoms. The molecule has 0 bridgehead atoms. The zero-order valence-electron chi connectivity index (χ0n) is 19.8. The molecule has 0 radical (unpaired) electrons. The van der Waals surface area contributed by atoms with Crippen LogP contribution in [0, 0.1) is 0 Å². The van der Waals surface area contributed by atoms with Crippen molar-refractivity contribution in [3.05, 3.63) is 70.8 Å². The summed E-state index contributed by atoms with van der Waals surface area (Å²) in [5.74, 6) is -0.811.